The number of ether oxygens (including phenoxy) is 7. The predicted octanol–water partition coefficient (Wildman–Crippen LogP) is 2.47. The molecule has 0 spiro atoms. The van der Waals surface area contributed by atoms with Crippen LogP contribution in [0, 0.1) is 6.92 Å². The van der Waals surface area contributed by atoms with Crippen molar-refractivity contribution >= 4 is 46.5 Å². The van der Waals surface area contributed by atoms with Crippen molar-refractivity contribution in [1.82, 2.24) is 5.32 Å². The Balaban J connectivity index is 1.47. The van der Waals surface area contributed by atoms with Crippen molar-refractivity contribution in [2.24, 2.45) is 0 Å². The summed E-state index contributed by atoms with van der Waals surface area (Å²) >= 11 is 0. The zero-order chi connectivity index (χ0) is 48.0. The van der Waals surface area contributed by atoms with Gasteiger partial charge < -0.3 is 68.0 Å². The number of anilines is 3. The molecular formula is C50H63N5O12. The maximum atomic E-state index is 13.4. The number of hydrogen-bond acceptors (Lipinski definition) is 15. The number of unbranched alkanes of at least 4 members (excludes halogenated alkanes) is 2. The number of carboxylic acids is 1. The molecule has 3 aromatic rings. The van der Waals surface area contributed by atoms with Crippen molar-refractivity contribution in [2.75, 3.05) is 123 Å². The molecule has 3 aromatic carbocycles. The number of benzene rings is 3. The molecular weight excluding hydrogens is 863 g/mol. The Labute approximate surface area is 392 Å². The molecule has 0 radical (unpaired) electrons. The zero-order valence-electron chi connectivity index (χ0n) is 39.6. The van der Waals surface area contributed by atoms with E-state index < -0.39 is 17.9 Å². The third-order valence-corrected chi connectivity index (χ3v) is 11.5. The number of rotatable bonds is 16. The highest BCUT2D eigenvalue weighted by atomic mass is 16.5. The van der Waals surface area contributed by atoms with Crippen LogP contribution in [0.5, 0.6) is 23.0 Å². The van der Waals surface area contributed by atoms with Crippen LogP contribution in [0.15, 0.2) is 78.1 Å². The monoisotopic (exact) mass is 925 g/mol. The lowest BCUT2D eigenvalue weighted by atomic mass is 9.86. The maximum absolute atomic E-state index is 13.4. The molecule has 67 heavy (non-hydrogen) atoms. The van der Waals surface area contributed by atoms with E-state index in [0.717, 1.165) is 28.0 Å². The number of fused-ring (bicyclic) bond motifs is 4. The van der Waals surface area contributed by atoms with Crippen LogP contribution in [-0.4, -0.2) is 138 Å². The van der Waals surface area contributed by atoms with Crippen molar-refractivity contribution in [3.05, 3.63) is 94.8 Å². The Hall–Kier alpha value is -6.72. The smallest absolute Gasteiger partial charge is 0.325 e. The largest absolute Gasteiger partial charge is 0.550 e. The van der Waals surface area contributed by atoms with Gasteiger partial charge >= 0.3 is 11.9 Å². The molecule has 1 amide bonds. The third kappa shape index (κ3) is 13.2. The number of nitrogens with one attached hydrogen (secondary N) is 2. The fourth-order valence-corrected chi connectivity index (χ4v) is 7.86. The number of esters is 2. The third-order valence-electron chi connectivity index (χ3n) is 11.5. The first-order chi connectivity index (χ1) is 32.3. The van der Waals surface area contributed by atoms with Gasteiger partial charge in [0.1, 0.15) is 61.1 Å². The standard InChI is InChI=1S/C50H63N5O12/c1-33-12-17-39-44(25-33)64-23-24-65-45-28-38(50-36-15-13-34(52(2)3)26-42(36)67-43-27-35(53(4)5)14-16-37(43)50)41(66-32-46(56)51-18-10-8-9-11-47(57)58)29-40(45)55(31-49(60)62-7)20-22-63-21-19-54(39)30-48(59)61-6/h12-17,25-29,34H,8-11,18-24,30-32H2,1-7H3,(H,51,56)(H,57,58). The normalized spacial score (nSPS) is 16.0. The van der Waals surface area contributed by atoms with Crippen molar-refractivity contribution in [1.29, 1.82) is 0 Å². The summed E-state index contributed by atoms with van der Waals surface area (Å²) in [7, 11) is 10.7. The van der Waals surface area contributed by atoms with Gasteiger partial charge in [-0.3, -0.25) is 14.4 Å². The van der Waals surface area contributed by atoms with E-state index in [-0.39, 0.29) is 71.0 Å². The SMILES string of the molecule is COC(=O)CN1CCOCCN(CC(=O)OC)c2cc(OCC(=O)NCCCCCC(=O)[O-])c(C3=C4C=CC([NH+](C)C)C=C4Oc4cc(N(C)C)ccc43)cc2OCCOc2cc(C)ccc21. The highest BCUT2D eigenvalue weighted by molar-refractivity contribution is 5.95. The molecule has 2 aliphatic heterocycles. The summed E-state index contributed by atoms with van der Waals surface area (Å²) in [6.45, 7) is 2.87. The van der Waals surface area contributed by atoms with E-state index >= 15 is 0 Å². The molecule has 0 aromatic heterocycles. The number of carbonyl (C=O) groups excluding carboxylic acids is 4. The summed E-state index contributed by atoms with van der Waals surface area (Å²) in [5.41, 5.74) is 6.03. The molecule has 0 saturated heterocycles. The van der Waals surface area contributed by atoms with Crippen molar-refractivity contribution < 1.29 is 62.3 Å². The average Bonchev–Trinajstić information content (AvgIpc) is 3.31. The van der Waals surface area contributed by atoms with Crippen LogP contribution in [0.1, 0.15) is 42.4 Å². The lowest BCUT2D eigenvalue weighted by Crippen LogP contribution is -3.09. The van der Waals surface area contributed by atoms with E-state index in [9.17, 15) is 24.3 Å². The van der Waals surface area contributed by atoms with Gasteiger partial charge in [0.15, 0.2) is 6.61 Å². The van der Waals surface area contributed by atoms with E-state index in [1.165, 1.54) is 19.1 Å². The molecule has 3 aliphatic rings. The second-order valence-corrected chi connectivity index (χ2v) is 16.9. The first-order valence-corrected chi connectivity index (χ1v) is 22.6. The number of carboxylic acid groups (broad SMARTS) is 1. The van der Waals surface area contributed by atoms with E-state index in [1.807, 2.05) is 73.3 Å². The van der Waals surface area contributed by atoms with Crippen LogP contribution < -0.4 is 49.0 Å². The average molecular weight is 926 g/mol. The second kappa shape index (κ2) is 23.6. The summed E-state index contributed by atoms with van der Waals surface area (Å²) < 4.78 is 42.7. The van der Waals surface area contributed by atoms with Crippen molar-refractivity contribution in [3.8, 4) is 23.0 Å². The van der Waals surface area contributed by atoms with Gasteiger partial charge in [-0.05, 0) is 74.2 Å². The van der Waals surface area contributed by atoms with Crippen LogP contribution in [0.3, 0.4) is 0 Å². The van der Waals surface area contributed by atoms with Crippen LogP contribution in [0.2, 0.25) is 0 Å². The molecule has 360 valence electrons. The van der Waals surface area contributed by atoms with E-state index in [4.69, 9.17) is 33.2 Å². The zero-order valence-corrected chi connectivity index (χ0v) is 39.6. The maximum Gasteiger partial charge on any atom is 0.325 e. The Morgan fingerprint density at radius 1 is 0.821 bits per heavy atom. The van der Waals surface area contributed by atoms with Gasteiger partial charge in [0, 0.05) is 85.9 Å². The number of quaternary nitrogens is 1. The summed E-state index contributed by atoms with van der Waals surface area (Å²) in [5.74, 6) is 0.182. The van der Waals surface area contributed by atoms with Crippen LogP contribution >= 0.6 is 0 Å². The molecule has 2 N–H and O–H groups in total. The molecule has 1 unspecified atom stereocenters. The molecule has 6 rings (SSSR count). The lowest BCUT2D eigenvalue weighted by Gasteiger charge is -2.31. The minimum Gasteiger partial charge on any atom is -0.550 e. The van der Waals surface area contributed by atoms with Gasteiger partial charge in [0.05, 0.1) is 52.9 Å². The topological polar surface area (TPSA) is 182 Å². The van der Waals surface area contributed by atoms with Crippen molar-refractivity contribution in [3.63, 3.8) is 0 Å². The minimum absolute atomic E-state index is 0.0322. The number of aliphatic carboxylic acids is 1. The Morgan fingerprint density at radius 3 is 2.16 bits per heavy atom. The number of aryl methyl sites for hydroxylation is 1. The number of allylic oxidation sites excluding steroid dienone is 1. The minimum atomic E-state index is -1.10. The van der Waals surface area contributed by atoms with E-state index in [1.54, 1.807) is 11.0 Å². The summed E-state index contributed by atoms with van der Waals surface area (Å²) in [6, 6.07) is 15.4. The molecule has 1 aliphatic carbocycles. The summed E-state index contributed by atoms with van der Waals surface area (Å²) in [5, 5.41) is 13.8. The number of methoxy groups -OCH3 is 2. The number of carbonyl (C=O) groups is 4. The fourth-order valence-electron chi connectivity index (χ4n) is 7.86. The van der Waals surface area contributed by atoms with Gasteiger partial charge in [0.25, 0.3) is 5.91 Å². The van der Waals surface area contributed by atoms with Gasteiger partial charge in [0.2, 0.25) is 0 Å². The number of hydrogen-bond donors (Lipinski definition) is 2. The molecule has 17 nitrogen and oxygen atoms in total. The van der Waals surface area contributed by atoms with Crippen LogP contribution in [0.4, 0.5) is 17.1 Å². The molecule has 1 atom stereocenters. The van der Waals surface area contributed by atoms with Crippen molar-refractivity contribution in [2.45, 2.75) is 38.6 Å². The summed E-state index contributed by atoms with van der Waals surface area (Å²) in [4.78, 5) is 56.8. The van der Waals surface area contributed by atoms with Gasteiger partial charge in [-0.25, -0.2) is 0 Å². The second-order valence-electron chi connectivity index (χ2n) is 16.9. The fraction of sp³-hybridized carbons (Fsp3) is 0.440. The molecule has 0 fully saturated rings. The highest BCUT2D eigenvalue weighted by Gasteiger charge is 2.32. The number of nitrogens with zero attached hydrogens (tertiary/aromatic N) is 3. The Kier molecular flexibility index (Phi) is 17.5. The first-order valence-electron chi connectivity index (χ1n) is 22.6. The first kappa shape index (κ1) is 49.7. The molecule has 0 saturated carbocycles. The van der Waals surface area contributed by atoms with Gasteiger partial charge in [-0.2, -0.15) is 0 Å². The quantitative estimate of drug-likeness (QED) is 0.158. The highest BCUT2D eigenvalue weighted by Crippen LogP contribution is 2.49. The number of amides is 1. The van der Waals surface area contributed by atoms with Gasteiger partial charge in [-0.1, -0.05) is 12.5 Å². The molecule has 17 heteroatoms. The van der Waals surface area contributed by atoms with E-state index in [2.05, 4.69) is 37.6 Å². The van der Waals surface area contributed by atoms with E-state index in [0.29, 0.717) is 78.0 Å². The molecule has 2 heterocycles. The lowest BCUT2D eigenvalue weighted by molar-refractivity contribution is -0.871. The predicted molar refractivity (Wildman–Crippen MR) is 251 cm³/mol. The molecule has 0 bridgehead atoms. The summed E-state index contributed by atoms with van der Waals surface area (Å²) in [6.07, 6.45) is 7.88. The number of likely N-dealkylation sites (N-methyl/N-ethyl adjacent to an activating group) is 1. The Bertz CT molecular complexity index is 2360. The Morgan fingerprint density at radius 2 is 1.51 bits per heavy atom. The van der Waals surface area contributed by atoms with Gasteiger partial charge in [-0.15, -0.1) is 0 Å². The van der Waals surface area contributed by atoms with Crippen LogP contribution in [-0.2, 0) is 33.4 Å². The van der Waals surface area contributed by atoms with Crippen LogP contribution in [0.25, 0.3) is 5.57 Å².